The molecule has 0 spiro atoms. The van der Waals surface area contributed by atoms with Crippen LogP contribution in [0.3, 0.4) is 0 Å². The summed E-state index contributed by atoms with van der Waals surface area (Å²) in [6, 6.07) is 14.6. The molecule has 1 aliphatic rings. The van der Waals surface area contributed by atoms with E-state index in [1.165, 1.54) is 35.2 Å². The number of nitrogen functional groups attached to an aromatic ring is 1. The zero-order chi connectivity index (χ0) is 28.9. The summed E-state index contributed by atoms with van der Waals surface area (Å²) < 4.78 is 35.4. The zero-order valence-corrected chi connectivity index (χ0v) is 21.7. The number of anilines is 4. The number of ether oxygens (including phenoxy) is 2. The largest absolute Gasteiger partial charge is 0.472 e. The lowest BCUT2D eigenvalue weighted by Crippen LogP contribution is -2.35. The van der Waals surface area contributed by atoms with E-state index in [0.717, 1.165) is 24.1 Å². The Hall–Kier alpha value is -4.23. The molecule has 1 heterocycles. The number of rotatable bonds is 13. The molecular formula is C27H28BF2N5O5. The Morgan fingerprint density at radius 2 is 1.88 bits per heavy atom. The lowest BCUT2D eigenvalue weighted by molar-refractivity contribution is -0.223. The highest BCUT2D eigenvalue weighted by atomic mass is 19.3. The van der Waals surface area contributed by atoms with Crippen molar-refractivity contribution in [3.8, 4) is 11.6 Å². The summed E-state index contributed by atoms with van der Waals surface area (Å²) in [5.74, 6) is -2.81. The third kappa shape index (κ3) is 7.90. The van der Waals surface area contributed by atoms with Gasteiger partial charge in [0.2, 0.25) is 20.1 Å². The van der Waals surface area contributed by atoms with Gasteiger partial charge in [-0.25, -0.2) is 8.78 Å². The number of aliphatic imine (C=N–C) groups is 1. The van der Waals surface area contributed by atoms with Gasteiger partial charge in [-0.2, -0.15) is 4.98 Å². The van der Waals surface area contributed by atoms with E-state index in [9.17, 15) is 23.8 Å². The minimum Gasteiger partial charge on any atom is -0.472 e. The number of pyridine rings is 1. The van der Waals surface area contributed by atoms with E-state index in [1.807, 2.05) is 24.1 Å². The predicted molar refractivity (Wildman–Crippen MR) is 148 cm³/mol. The summed E-state index contributed by atoms with van der Waals surface area (Å²) in [5, 5.41) is 18.5. The van der Waals surface area contributed by atoms with Crippen LogP contribution < -0.4 is 25.0 Å². The minimum absolute atomic E-state index is 0.0217. The van der Waals surface area contributed by atoms with Gasteiger partial charge < -0.3 is 30.3 Å². The van der Waals surface area contributed by atoms with Crippen LogP contribution >= 0.6 is 0 Å². The molecular weight excluding hydrogens is 523 g/mol. The predicted octanol–water partition coefficient (Wildman–Crippen LogP) is 2.96. The third-order valence-electron chi connectivity index (χ3n) is 5.89. The Labute approximate surface area is 231 Å². The van der Waals surface area contributed by atoms with Crippen molar-refractivity contribution in [2.45, 2.75) is 37.7 Å². The lowest BCUT2D eigenvalue weighted by Gasteiger charge is -2.25. The molecule has 1 saturated carbocycles. The van der Waals surface area contributed by atoms with E-state index >= 15 is 0 Å². The molecule has 3 aromatic rings. The summed E-state index contributed by atoms with van der Waals surface area (Å²) in [4.78, 5) is 24.2. The van der Waals surface area contributed by atoms with Crippen LogP contribution in [0.2, 0.25) is 0 Å². The molecule has 1 aromatic heterocycles. The molecule has 10 nitrogen and oxygen atoms in total. The number of benzene rings is 2. The van der Waals surface area contributed by atoms with Gasteiger partial charge in [0.1, 0.15) is 11.6 Å². The van der Waals surface area contributed by atoms with Gasteiger partial charge in [-0.3, -0.25) is 14.7 Å². The summed E-state index contributed by atoms with van der Waals surface area (Å²) in [5.41, 5.74) is 9.25. The second-order valence-electron chi connectivity index (χ2n) is 9.24. The molecule has 1 amide bonds. The number of aromatic nitrogens is 1. The van der Waals surface area contributed by atoms with Crippen LogP contribution in [0.5, 0.6) is 11.6 Å². The number of aliphatic hydroxyl groups is 2. The normalized spacial score (nSPS) is 13.4. The molecule has 13 heteroatoms. The fourth-order valence-electron chi connectivity index (χ4n) is 3.77. The number of nitrogens with zero attached hydrogens (tertiary/aromatic N) is 4. The van der Waals surface area contributed by atoms with Gasteiger partial charge >= 0.3 is 0 Å². The van der Waals surface area contributed by atoms with E-state index in [2.05, 4.69) is 9.98 Å². The Kier molecular flexibility index (Phi) is 8.85. The van der Waals surface area contributed by atoms with Crippen molar-refractivity contribution in [3.05, 3.63) is 65.7 Å². The molecule has 4 rings (SSSR count). The van der Waals surface area contributed by atoms with E-state index in [4.69, 9.17) is 23.1 Å². The highest BCUT2D eigenvalue weighted by Crippen LogP contribution is 2.32. The molecule has 0 aliphatic heterocycles. The fraction of sp³-hybridized carbons (Fsp3) is 0.296. The number of alkyl halides is 2. The number of nitrogens with two attached hydrogens (primary N) is 1. The fourth-order valence-corrected chi connectivity index (χ4v) is 3.77. The van der Waals surface area contributed by atoms with Crippen molar-refractivity contribution in [1.29, 1.82) is 0 Å². The van der Waals surface area contributed by atoms with Gasteiger partial charge in [-0.1, -0.05) is 0 Å². The van der Waals surface area contributed by atoms with Crippen molar-refractivity contribution in [1.82, 2.24) is 4.98 Å². The van der Waals surface area contributed by atoms with Gasteiger partial charge in [0.25, 0.3) is 12.3 Å². The average Bonchev–Trinajstić information content (AvgIpc) is 3.73. The number of hydrogen-bond acceptors (Lipinski definition) is 9. The summed E-state index contributed by atoms with van der Waals surface area (Å²) in [7, 11) is 6.89. The molecule has 2 radical (unpaired) electrons. The summed E-state index contributed by atoms with van der Waals surface area (Å²) >= 11 is 0. The van der Waals surface area contributed by atoms with E-state index < -0.39 is 18.9 Å². The van der Waals surface area contributed by atoms with Crippen LogP contribution in [0.15, 0.2) is 59.6 Å². The maximum Gasteiger partial charge on any atom is 0.272 e. The van der Waals surface area contributed by atoms with Crippen molar-refractivity contribution in [2.75, 3.05) is 29.2 Å². The molecule has 0 unspecified atom stereocenters. The van der Waals surface area contributed by atoms with Gasteiger partial charge in [-0.05, 0) is 61.4 Å². The number of carbonyl (C=O) groups is 1. The monoisotopic (exact) mass is 551 g/mol. The quantitative estimate of drug-likeness (QED) is 0.0971. The Morgan fingerprint density at radius 3 is 2.50 bits per heavy atom. The highest BCUT2D eigenvalue weighted by molar-refractivity contribution is 6.12. The van der Waals surface area contributed by atoms with E-state index in [0.29, 0.717) is 29.4 Å². The standard InChI is InChI=1S/C27H28BF2N5O5/c1-34(21-7-10-23(31)18(12-21)13-32-19-3-4-19)14-17-2-11-25(39-15-24(29)30)33-26(17)35(16-36)20-5-8-22(9-6-20)40-27(28,37)38/h2,5-13,16,19,24,37-38H,3-4,14-15,31H2,1H3. The van der Waals surface area contributed by atoms with E-state index in [-0.39, 0.29) is 24.0 Å². The second-order valence-corrected chi connectivity index (χ2v) is 9.24. The molecule has 4 N–H and O–H groups in total. The molecule has 0 saturated heterocycles. The summed E-state index contributed by atoms with van der Waals surface area (Å²) in [6.07, 6.45) is 1.72. The average molecular weight is 551 g/mol. The first-order valence-corrected chi connectivity index (χ1v) is 12.3. The SMILES string of the molecule is [B]C(O)(O)Oc1ccc(N(C=O)c2nc(OCC(F)F)ccc2CN(C)c2ccc(N)c(C=NC3CC3)c2)cc1. The maximum absolute atomic E-state index is 12.8. The molecule has 40 heavy (non-hydrogen) atoms. The Morgan fingerprint density at radius 1 is 1.18 bits per heavy atom. The first-order chi connectivity index (χ1) is 19.0. The number of halogens is 2. The second kappa shape index (κ2) is 12.3. The number of amides is 1. The first kappa shape index (κ1) is 28.8. The van der Waals surface area contributed by atoms with Crippen LogP contribution in [0.4, 0.5) is 31.7 Å². The smallest absolute Gasteiger partial charge is 0.272 e. The Bertz CT molecular complexity index is 1350. The van der Waals surface area contributed by atoms with Crippen LogP contribution in [0.25, 0.3) is 0 Å². The van der Waals surface area contributed by atoms with Crippen molar-refractivity contribution in [2.24, 2.45) is 4.99 Å². The topological polar surface area (TPSA) is 134 Å². The van der Waals surface area contributed by atoms with Crippen molar-refractivity contribution < 1.29 is 33.3 Å². The molecule has 2 aromatic carbocycles. The molecule has 1 fully saturated rings. The molecule has 0 bridgehead atoms. The maximum atomic E-state index is 12.8. The molecule has 0 atom stereocenters. The zero-order valence-electron chi connectivity index (χ0n) is 21.7. The molecule has 1 aliphatic carbocycles. The number of carbonyl (C=O) groups excluding carboxylic acids is 1. The minimum atomic E-state index is -2.88. The summed E-state index contributed by atoms with van der Waals surface area (Å²) in [6.45, 7) is -0.588. The lowest BCUT2D eigenvalue weighted by atomic mass is 10.1. The van der Waals surface area contributed by atoms with Crippen LogP contribution in [-0.2, 0) is 11.3 Å². The van der Waals surface area contributed by atoms with Crippen LogP contribution in [0.1, 0.15) is 24.0 Å². The van der Waals surface area contributed by atoms with Crippen LogP contribution in [0, 0.1) is 0 Å². The third-order valence-corrected chi connectivity index (χ3v) is 5.89. The first-order valence-electron chi connectivity index (χ1n) is 12.3. The highest BCUT2D eigenvalue weighted by Gasteiger charge is 2.21. The van der Waals surface area contributed by atoms with Gasteiger partial charge in [0.15, 0.2) is 6.61 Å². The van der Waals surface area contributed by atoms with E-state index in [1.54, 1.807) is 18.3 Å². The number of hydrogen-bond donors (Lipinski definition) is 3. The van der Waals surface area contributed by atoms with Gasteiger partial charge in [-0.15, -0.1) is 0 Å². The Balaban J connectivity index is 1.64. The molecule has 208 valence electrons. The van der Waals surface area contributed by atoms with Crippen molar-refractivity contribution >= 4 is 43.4 Å². The van der Waals surface area contributed by atoms with Gasteiger partial charge in [0, 0.05) is 48.4 Å². The van der Waals surface area contributed by atoms with Gasteiger partial charge in [0.05, 0.1) is 11.7 Å². The van der Waals surface area contributed by atoms with Crippen molar-refractivity contribution in [3.63, 3.8) is 0 Å². The van der Waals surface area contributed by atoms with Crippen LogP contribution in [-0.4, -0.2) is 67.7 Å².